The van der Waals surface area contributed by atoms with Crippen molar-refractivity contribution < 1.29 is 9.59 Å². The van der Waals surface area contributed by atoms with Gasteiger partial charge in [0.15, 0.2) is 10.6 Å². The minimum absolute atomic E-state index is 0.00496. The lowest BCUT2D eigenvalue weighted by molar-refractivity contribution is -0.118. The van der Waals surface area contributed by atoms with Crippen LogP contribution < -0.4 is 4.80 Å². The van der Waals surface area contributed by atoms with Crippen LogP contribution in [0.1, 0.15) is 38.5 Å². The van der Waals surface area contributed by atoms with E-state index >= 15 is 0 Å². The number of ketones is 1. The van der Waals surface area contributed by atoms with E-state index in [1.54, 1.807) is 0 Å². The van der Waals surface area contributed by atoms with Gasteiger partial charge in [-0.15, -0.1) is 22.7 Å². The van der Waals surface area contributed by atoms with Gasteiger partial charge in [-0.2, -0.15) is 4.99 Å². The van der Waals surface area contributed by atoms with Crippen LogP contribution in [0.3, 0.4) is 0 Å². The summed E-state index contributed by atoms with van der Waals surface area (Å²) < 4.78 is 1.96. The number of nitrogens with zero attached hydrogens (tertiary/aromatic N) is 2. The Balaban J connectivity index is 1.64. The molecule has 1 amide bonds. The maximum absolute atomic E-state index is 12.2. The van der Waals surface area contributed by atoms with Gasteiger partial charge >= 0.3 is 0 Å². The molecule has 3 rings (SSSR count). The maximum Gasteiger partial charge on any atom is 0.248 e. The standard InChI is InChI=1S/C20H20N2O2S2/c1-14-3-6-16(7-4-14)13-22-11-12-25-20(22)21-19(24)10-8-17(23)18-9-5-15(2)26-18/h3-7,9,11-12H,8,10,13H2,1-2H3. The van der Waals surface area contributed by atoms with E-state index in [4.69, 9.17) is 0 Å². The van der Waals surface area contributed by atoms with Crippen molar-refractivity contribution in [3.8, 4) is 0 Å². The summed E-state index contributed by atoms with van der Waals surface area (Å²) in [4.78, 5) is 31.0. The molecule has 0 atom stereocenters. The molecule has 4 nitrogen and oxygen atoms in total. The van der Waals surface area contributed by atoms with Crippen molar-refractivity contribution in [1.82, 2.24) is 4.57 Å². The van der Waals surface area contributed by atoms with E-state index in [2.05, 4.69) is 36.2 Å². The lowest BCUT2D eigenvalue weighted by Crippen LogP contribution is -2.17. The first-order valence-electron chi connectivity index (χ1n) is 8.38. The predicted octanol–water partition coefficient (Wildman–Crippen LogP) is 4.37. The van der Waals surface area contributed by atoms with Crippen LogP contribution in [-0.2, 0) is 11.3 Å². The molecule has 0 fully saturated rings. The van der Waals surface area contributed by atoms with Crippen molar-refractivity contribution in [2.45, 2.75) is 33.2 Å². The highest BCUT2D eigenvalue weighted by atomic mass is 32.1. The Morgan fingerprint density at radius 2 is 1.81 bits per heavy atom. The third-order valence-corrected chi connectivity index (χ3v) is 5.77. The van der Waals surface area contributed by atoms with Gasteiger partial charge in [0.05, 0.1) is 4.88 Å². The van der Waals surface area contributed by atoms with E-state index in [9.17, 15) is 9.59 Å². The number of Topliss-reactive ketones (excluding diaryl/α,β-unsaturated/α-hetero) is 1. The van der Waals surface area contributed by atoms with Gasteiger partial charge in [-0.1, -0.05) is 29.8 Å². The predicted molar refractivity (Wildman–Crippen MR) is 106 cm³/mol. The average Bonchev–Trinajstić information content (AvgIpc) is 3.24. The molecule has 0 spiro atoms. The number of aryl methyl sites for hydroxylation is 2. The van der Waals surface area contributed by atoms with Crippen molar-refractivity contribution in [3.05, 3.63) is 73.7 Å². The fourth-order valence-electron chi connectivity index (χ4n) is 2.49. The second-order valence-electron chi connectivity index (χ2n) is 6.14. The Morgan fingerprint density at radius 1 is 1.04 bits per heavy atom. The smallest absolute Gasteiger partial charge is 0.248 e. The second kappa shape index (κ2) is 8.38. The minimum atomic E-state index is -0.258. The topological polar surface area (TPSA) is 51.4 Å². The largest absolute Gasteiger partial charge is 0.319 e. The molecule has 0 unspecified atom stereocenters. The van der Waals surface area contributed by atoms with Crippen LogP contribution in [0.5, 0.6) is 0 Å². The van der Waals surface area contributed by atoms with Gasteiger partial charge in [0.2, 0.25) is 5.91 Å². The van der Waals surface area contributed by atoms with Crippen LogP contribution in [-0.4, -0.2) is 16.3 Å². The average molecular weight is 385 g/mol. The van der Waals surface area contributed by atoms with Crippen LogP contribution in [0.4, 0.5) is 0 Å². The number of hydrogen-bond donors (Lipinski definition) is 0. The monoisotopic (exact) mass is 384 g/mol. The summed E-state index contributed by atoms with van der Waals surface area (Å²) in [5, 5.41) is 1.92. The zero-order valence-electron chi connectivity index (χ0n) is 14.8. The normalized spacial score (nSPS) is 11.7. The van der Waals surface area contributed by atoms with Crippen LogP contribution in [0, 0.1) is 13.8 Å². The quantitative estimate of drug-likeness (QED) is 0.593. The van der Waals surface area contributed by atoms with E-state index in [-0.39, 0.29) is 24.5 Å². The van der Waals surface area contributed by atoms with Gasteiger partial charge in [-0.25, -0.2) is 0 Å². The molecule has 0 bridgehead atoms. The zero-order chi connectivity index (χ0) is 18.5. The van der Waals surface area contributed by atoms with E-state index in [0.29, 0.717) is 16.2 Å². The van der Waals surface area contributed by atoms with E-state index < -0.39 is 0 Å². The number of amides is 1. The van der Waals surface area contributed by atoms with Crippen molar-refractivity contribution >= 4 is 34.4 Å². The number of rotatable bonds is 6. The van der Waals surface area contributed by atoms with Crippen molar-refractivity contribution in [2.75, 3.05) is 0 Å². The van der Waals surface area contributed by atoms with Crippen molar-refractivity contribution in [1.29, 1.82) is 0 Å². The molecule has 0 saturated heterocycles. The Bertz CT molecular complexity index is 978. The number of hydrogen-bond acceptors (Lipinski definition) is 4. The lowest BCUT2D eigenvalue weighted by Gasteiger charge is -2.03. The molecule has 0 aliphatic heterocycles. The molecule has 134 valence electrons. The van der Waals surface area contributed by atoms with E-state index in [0.717, 1.165) is 10.4 Å². The molecule has 0 N–H and O–H groups in total. The second-order valence-corrected chi connectivity index (χ2v) is 8.30. The van der Waals surface area contributed by atoms with Crippen LogP contribution in [0.15, 0.2) is 53.0 Å². The van der Waals surface area contributed by atoms with Gasteiger partial charge in [0.1, 0.15) is 0 Å². The maximum atomic E-state index is 12.2. The van der Waals surface area contributed by atoms with Gasteiger partial charge < -0.3 is 4.57 Å². The molecule has 26 heavy (non-hydrogen) atoms. The number of carbonyl (C=O) groups excluding carboxylic acids is 2. The summed E-state index contributed by atoms with van der Waals surface area (Å²) in [6, 6.07) is 12.0. The highest BCUT2D eigenvalue weighted by molar-refractivity contribution is 7.14. The Kier molecular flexibility index (Phi) is 5.96. The highest BCUT2D eigenvalue weighted by Gasteiger charge is 2.11. The lowest BCUT2D eigenvalue weighted by atomic mass is 10.1. The van der Waals surface area contributed by atoms with Crippen molar-refractivity contribution in [3.63, 3.8) is 0 Å². The Labute approximate surface area is 160 Å². The molecule has 1 aromatic carbocycles. The minimum Gasteiger partial charge on any atom is -0.319 e. The number of thiazole rings is 1. The molecular formula is C20H20N2O2S2. The molecule has 0 radical (unpaired) electrons. The molecule has 3 aromatic rings. The first-order valence-corrected chi connectivity index (χ1v) is 10.1. The number of aromatic nitrogens is 1. The van der Waals surface area contributed by atoms with E-state index in [1.165, 1.54) is 28.2 Å². The first-order chi connectivity index (χ1) is 12.5. The van der Waals surface area contributed by atoms with Crippen LogP contribution in [0.25, 0.3) is 0 Å². The van der Waals surface area contributed by atoms with Crippen LogP contribution >= 0.6 is 22.7 Å². The van der Waals surface area contributed by atoms with E-state index in [1.807, 2.05) is 35.2 Å². The van der Waals surface area contributed by atoms with Crippen LogP contribution in [0.2, 0.25) is 0 Å². The van der Waals surface area contributed by atoms with Gasteiger partial charge in [-0.3, -0.25) is 9.59 Å². The zero-order valence-corrected chi connectivity index (χ0v) is 16.4. The fraction of sp³-hybridized carbons (Fsp3) is 0.250. The number of benzene rings is 1. The molecular weight excluding hydrogens is 364 g/mol. The molecule has 2 heterocycles. The fourth-order valence-corrected chi connectivity index (χ4v) is 4.07. The number of carbonyl (C=O) groups is 2. The van der Waals surface area contributed by atoms with Crippen molar-refractivity contribution in [2.24, 2.45) is 4.99 Å². The summed E-state index contributed by atoms with van der Waals surface area (Å²) in [6.07, 6.45) is 2.26. The Hall–Kier alpha value is -2.31. The third-order valence-electron chi connectivity index (χ3n) is 3.93. The molecule has 6 heteroatoms. The summed E-state index contributed by atoms with van der Waals surface area (Å²) >= 11 is 2.89. The summed E-state index contributed by atoms with van der Waals surface area (Å²) in [5.74, 6) is -0.253. The third kappa shape index (κ3) is 4.86. The highest BCUT2D eigenvalue weighted by Crippen LogP contribution is 2.17. The van der Waals surface area contributed by atoms with Gasteiger partial charge in [-0.05, 0) is 31.5 Å². The molecule has 0 saturated carbocycles. The molecule has 0 aliphatic carbocycles. The number of thiophene rings is 1. The van der Waals surface area contributed by atoms with Gasteiger partial charge in [0, 0.05) is 35.8 Å². The molecule has 0 aliphatic rings. The summed E-state index contributed by atoms with van der Waals surface area (Å²) in [7, 11) is 0. The van der Waals surface area contributed by atoms with Gasteiger partial charge in [0.25, 0.3) is 0 Å². The Morgan fingerprint density at radius 3 is 2.50 bits per heavy atom. The molecule has 2 aromatic heterocycles. The summed E-state index contributed by atoms with van der Waals surface area (Å²) in [5.41, 5.74) is 2.38. The first kappa shape index (κ1) is 18.5. The summed E-state index contributed by atoms with van der Waals surface area (Å²) in [6.45, 7) is 4.69. The SMILES string of the molecule is Cc1ccc(Cn2ccsc2=NC(=O)CCC(=O)c2ccc(C)s2)cc1.